The fraction of sp³-hybridized carbons (Fsp3) is 0.273. The highest BCUT2D eigenvalue weighted by atomic mass is 19.3. The first-order chi connectivity index (χ1) is 9.16. The van der Waals surface area contributed by atoms with Crippen LogP contribution in [0.3, 0.4) is 0 Å². The van der Waals surface area contributed by atoms with Gasteiger partial charge < -0.3 is 14.0 Å². The Morgan fingerprint density at radius 3 is 3.05 bits per heavy atom. The maximum Gasteiger partial charge on any atom is 0.416 e. The maximum absolute atomic E-state index is 12.8. The van der Waals surface area contributed by atoms with Gasteiger partial charge in [-0.1, -0.05) is 0 Å². The molecule has 0 bridgehead atoms. The van der Waals surface area contributed by atoms with Gasteiger partial charge in [0, 0.05) is 12.3 Å². The molecule has 1 saturated heterocycles. The summed E-state index contributed by atoms with van der Waals surface area (Å²) in [6, 6.07) is -1.31. The minimum Gasteiger partial charge on any atom is -0.471 e. The number of fused-ring (bicyclic) bond motifs is 1. The first-order valence-corrected chi connectivity index (χ1v) is 5.48. The Morgan fingerprint density at radius 2 is 2.26 bits per heavy atom. The molecule has 19 heavy (non-hydrogen) atoms. The van der Waals surface area contributed by atoms with Gasteiger partial charge in [0.2, 0.25) is 0 Å². The van der Waals surface area contributed by atoms with E-state index < -0.39 is 18.6 Å². The molecule has 3 rings (SSSR count). The van der Waals surface area contributed by atoms with Gasteiger partial charge in [-0.15, -0.1) is 0 Å². The van der Waals surface area contributed by atoms with Crippen LogP contribution in [0.1, 0.15) is 5.82 Å². The second kappa shape index (κ2) is 4.38. The highest BCUT2D eigenvalue weighted by Gasteiger charge is 2.41. The molecule has 6 nitrogen and oxygen atoms in total. The number of hydrogen-bond donors (Lipinski definition) is 0. The molecule has 2 aliphatic heterocycles. The maximum atomic E-state index is 12.8. The van der Waals surface area contributed by atoms with E-state index in [0.717, 1.165) is 4.90 Å². The third-order valence-corrected chi connectivity index (χ3v) is 2.79. The van der Waals surface area contributed by atoms with E-state index in [9.17, 15) is 13.6 Å². The van der Waals surface area contributed by atoms with Crippen molar-refractivity contribution in [1.29, 1.82) is 0 Å². The monoisotopic (exact) mass is 269 g/mol. The van der Waals surface area contributed by atoms with E-state index in [4.69, 9.17) is 4.74 Å². The molecule has 0 saturated carbocycles. The zero-order chi connectivity index (χ0) is 13.4. The van der Waals surface area contributed by atoms with Gasteiger partial charge in [-0.3, -0.25) is 0 Å². The molecule has 0 aliphatic carbocycles. The van der Waals surface area contributed by atoms with Gasteiger partial charge in [0.05, 0.1) is 12.5 Å². The second-order valence-electron chi connectivity index (χ2n) is 3.94. The van der Waals surface area contributed by atoms with Gasteiger partial charge in [-0.05, 0) is 0 Å². The SMILES string of the molecule is O=C1OCC(C(F)F)N1c1cn2c(n1)C=COC=C2. The Morgan fingerprint density at radius 1 is 1.42 bits per heavy atom. The third-order valence-electron chi connectivity index (χ3n) is 2.79. The number of hydrogen-bond acceptors (Lipinski definition) is 4. The number of amides is 1. The van der Waals surface area contributed by atoms with Gasteiger partial charge in [0.25, 0.3) is 6.43 Å². The zero-order valence-corrected chi connectivity index (χ0v) is 9.57. The molecule has 100 valence electrons. The first-order valence-electron chi connectivity index (χ1n) is 5.48. The number of carbonyl (C=O) groups is 1. The van der Waals surface area contributed by atoms with Crippen LogP contribution in [0.2, 0.25) is 0 Å². The number of aromatic nitrogens is 2. The van der Waals surface area contributed by atoms with Gasteiger partial charge in [-0.25, -0.2) is 23.5 Å². The van der Waals surface area contributed by atoms with Gasteiger partial charge >= 0.3 is 6.09 Å². The summed E-state index contributed by atoms with van der Waals surface area (Å²) < 4.78 is 36.8. The van der Waals surface area contributed by atoms with Crippen molar-refractivity contribution >= 4 is 24.2 Å². The van der Waals surface area contributed by atoms with Crippen molar-refractivity contribution in [3.63, 3.8) is 0 Å². The number of ether oxygens (including phenoxy) is 2. The number of cyclic esters (lactones) is 1. The van der Waals surface area contributed by atoms with E-state index in [1.165, 1.54) is 18.7 Å². The summed E-state index contributed by atoms with van der Waals surface area (Å²) >= 11 is 0. The molecular formula is C11H9F2N3O3. The Balaban J connectivity index is 1.98. The molecule has 0 aromatic carbocycles. The lowest BCUT2D eigenvalue weighted by Gasteiger charge is -2.17. The van der Waals surface area contributed by atoms with E-state index in [1.807, 2.05) is 0 Å². The van der Waals surface area contributed by atoms with Crippen LogP contribution in [0.25, 0.3) is 12.3 Å². The third kappa shape index (κ3) is 1.94. The van der Waals surface area contributed by atoms with Crippen LogP contribution < -0.4 is 4.90 Å². The van der Waals surface area contributed by atoms with Crippen LogP contribution in [0.4, 0.5) is 19.4 Å². The van der Waals surface area contributed by atoms with Crippen molar-refractivity contribution < 1.29 is 23.0 Å². The van der Waals surface area contributed by atoms with Crippen LogP contribution >= 0.6 is 0 Å². The lowest BCUT2D eigenvalue weighted by molar-refractivity contribution is 0.104. The van der Waals surface area contributed by atoms with Crippen LogP contribution in [-0.4, -0.2) is 34.7 Å². The van der Waals surface area contributed by atoms with Crippen molar-refractivity contribution in [3.8, 4) is 0 Å². The number of halogens is 2. The van der Waals surface area contributed by atoms with E-state index in [1.54, 1.807) is 16.8 Å². The summed E-state index contributed by atoms with van der Waals surface area (Å²) in [5.74, 6) is 0.593. The summed E-state index contributed by atoms with van der Waals surface area (Å²) in [5, 5.41) is 0. The van der Waals surface area contributed by atoms with Gasteiger partial charge in [0.1, 0.15) is 24.7 Å². The van der Waals surface area contributed by atoms with Crippen LogP contribution in [0, 0.1) is 0 Å². The normalized spacial score (nSPS) is 21.3. The Labute approximate surface area is 106 Å². The molecule has 0 spiro atoms. The number of rotatable bonds is 2. The molecule has 3 heterocycles. The van der Waals surface area contributed by atoms with E-state index >= 15 is 0 Å². The van der Waals surface area contributed by atoms with Crippen LogP contribution in [0.5, 0.6) is 0 Å². The van der Waals surface area contributed by atoms with E-state index in [-0.39, 0.29) is 12.4 Å². The van der Waals surface area contributed by atoms with E-state index in [0.29, 0.717) is 5.82 Å². The molecule has 1 fully saturated rings. The summed E-state index contributed by atoms with van der Waals surface area (Å²) in [6.45, 7) is -0.340. The summed E-state index contributed by atoms with van der Waals surface area (Å²) in [5.41, 5.74) is 0. The van der Waals surface area contributed by atoms with Crippen molar-refractivity contribution in [3.05, 3.63) is 24.5 Å². The zero-order valence-electron chi connectivity index (χ0n) is 9.57. The quantitative estimate of drug-likeness (QED) is 0.822. The van der Waals surface area contributed by atoms with Gasteiger partial charge in [0.15, 0.2) is 5.82 Å². The first kappa shape index (κ1) is 11.7. The largest absolute Gasteiger partial charge is 0.471 e. The number of imidazole rings is 1. The summed E-state index contributed by atoms with van der Waals surface area (Å²) in [6.07, 6.45) is 3.88. The predicted molar refractivity (Wildman–Crippen MR) is 61.3 cm³/mol. The lowest BCUT2D eigenvalue weighted by Crippen LogP contribution is -2.38. The predicted octanol–water partition coefficient (Wildman–Crippen LogP) is 1.90. The number of anilines is 1. The van der Waals surface area contributed by atoms with Crippen molar-refractivity contribution in [2.24, 2.45) is 0 Å². The average molecular weight is 269 g/mol. The number of alkyl halides is 2. The molecule has 1 aromatic rings. The summed E-state index contributed by atoms with van der Waals surface area (Å²) in [4.78, 5) is 16.5. The van der Waals surface area contributed by atoms with Crippen LogP contribution in [0.15, 0.2) is 18.7 Å². The van der Waals surface area contributed by atoms with Crippen molar-refractivity contribution in [1.82, 2.24) is 9.55 Å². The topological polar surface area (TPSA) is 56.6 Å². The minimum absolute atomic E-state index is 0.124. The molecule has 2 aliphatic rings. The van der Waals surface area contributed by atoms with Crippen molar-refractivity contribution in [2.75, 3.05) is 11.5 Å². The van der Waals surface area contributed by atoms with E-state index in [2.05, 4.69) is 9.72 Å². The molecule has 0 N–H and O–H groups in total. The highest BCUT2D eigenvalue weighted by molar-refractivity contribution is 5.89. The molecule has 1 aromatic heterocycles. The van der Waals surface area contributed by atoms with Gasteiger partial charge in [-0.2, -0.15) is 0 Å². The lowest BCUT2D eigenvalue weighted by atomic mass is 10.3. The smallest absolute Gasteiger partial charge is 0.416 e. The molecule has 1 atom stereocenters. The Hall–Kier alpha value is -2.38. The number of nitrogens with zero attached hydrogens (tertiary/aromatic N) is 3. The molecule has 1 amide bonds. The second-order valence-corrected chi connectivity index (χ2v) is 3.94. The molecule has 8 heteroatoms. The fourth-order valence-electron chi connectivity index (χ4n) is 1.88. The standard InChI is InChI=1S/C11H9F2N3O3/c12-10(13)7-6-19-11(17)16(7)9-5-15-2-4-18-3-1-8(15)14-9/h1-5,7,10H,6H2. The molecule has 0 radical (unpaired) electrons. The van der Waals surface area contributed by atoms with Crippen LogP contribution in [-0.2, 0) is 9.47 Å². The average Bonchev–Trinajstić information content (AvgIpc) is 2.87. The Kier molecular flexibility index (Phi) is 2.69. The van der Waals surface area contributed by atoms with Crippen molar-refractivity contribution in [2.45, 2.75) is 12.5 Å². The highest BCUT2D eigenvalue weighted by Crippen LogP contribution is 2.26. The summed E-state index contributed by atoms with van der Waals surface area (Å²) in [7, 11) is 0. The molecule has 1 unspecified atom stereocenters. The number of carbonyl (C=O) groups excluding carboxylic acids is 1. The Bertz CT molecular complexity index is 538. The fourth-order valence-corrected chi connectivity index (χ4v) is 1.88. The minimum atomic E-state index is -2.69. The molecular weight excluding hydrogens is 260 g/mol.